The van der Waals surface area contributed by atoms with Gasteiger partial charge in [-0.15, -0.1) is 45.3 Å². The van der Waals surface area contributed by atoms with Gasteiger partial charge in [-0.1, -0.05) is 131 Å². The number of rotatable bonds is 18. The molecule has 3 aliphatic carbocycles. The molecule has 0 aliphatic heterocycles. The molecule has 3 aliphatic rings. The van der Waals surface area contributed by atoms with Crippen molar-refractivity contribution in [1.82, 2.24) is 0 Å². The van der Waals surface area contributed by atoms with E-state index in [-0.39, 0.29) is 24.1 Å². The Morgan fingerprint density at radius 3 is 1.61 bits per heavy atom. The van der Waals surface area contributed by atoms with Crippen molar-refractivity contribution in [2.45, 2.75) is 129 Å². The lowest BCUT2D eigenvalue weighted by atomic mass is 9.84. The number of hydrogen-bond acceptors (Lipinski definition) is 8. The monoisotopic (exact) mass is 924 g/mol. The summed E-state index contributed by atoms with van der Waals surface area (Å²) < 4.78 is 20.3. The van der Waals surface area contributed by atoms with Crippen molar-refractivity contribution in [1.29, 1.82) is 0 Å². The summed E-state index contributed by atoms with van der Waals surface area (Å²) in [6.45, 7) is 8.72. The minimum atomic E-state index is -0.319. The van der Waals surface area contributed by atoms with E-state index in [1.54, 1.807) is 22.7 Å². The van der Waals surface area contributed by atoms with Crippen molar-refractivity contribution in [3.8, 4) is 0 Å². The fourth-order valence-corrected chi connectivity index (χ4v) is 14.4. The van der Waals surface area contributed by atoms with Crippen LogP contribution in [0.4, 0.5) is 0 Å². The Labute approximate surface area is 394 Å². The standard InChI is InChI=1S/C56H60O4S4/c1-5-7-9-11-53(57)59-45(29-37-17-25-41(26-18-37)39-21-13-35(3)14-22-39)49-33-51-55(63-49)43-31-48-44(32-47(43)61-51)56-52(62-48)34-50(64-56)46(60-54(58)12-10-8-6-2)30-38-19-27-42(28-20-38)40-23-15-36(4)16-24-40/h13-15,17-25,27,31-34,36,41-42,45-46H,5-12,16,26,28-30H2,1-4H3. The van der Waals surface area contributed by atoms with E-state index >= 15 is 0 Å². The normalized spacial score (nSPS) is 19.6. The Morgan fingerprint density at radius 2 is 1.14 bits per heavy atom. The fourth-order valence-electron chi connectivity index (χ4n) is 9.21. The van der Waals surface area contributed by atoms with Crippen molar-refractivity contribution in [2.24, 2.45) is 11.8 Å². The van der Waals surface area contributed by atoms with Crippen LogP contribution in [0.3, 0.4) is 0 Å². The van der Waals surface area contributed by atoms with Crippen molar-refractivity contribution >= 4 is 96.3 Å². The number of fused-ring (bicyclic) bond motifs is 6. The topological polar surface area (TPSA) is 52.6 Å². The zero-order chi connectivity index (χ0) is 44.2. The van der Waals surface area contributed by atoms with E-state index in [2.05, 4.69) is 131 Å². The van der Waals surface area contributed by atoms with Gasteiger partial charge in [0.05, 0.1) is 9.40 Å². The average Bonchev–Trinajstić information content (AvgIpc) is 4.07. The third kappa shape index (κ3) is 10.4. The lowest BCUT2D eigenvalue weighted by Gasteiger charge is -2.23. The van der Waals surface area contributed by atoms with E-state index in [0.29, 0.717) is 43.4 Å². The third-order valence-electron chi connectivity index (χ3n) is 13.1. The quantitative estimate of drug-likeness (QED) is 0.0637. The minimum Gasteiger partial charge on any atom is -0.456 e. The largest absolute Gasteiger partial charge is 0.456 e. The van der Waals surface area contributed by atoms with Gasteiger partial charge in [-0.3, -0.25) is 9.59 Å². The van der Waals surface area contributed by atoms with Gasteiger partial charge in [0.2, 0.25) is 0 Å². The van der Waals surface area contributed by atoms with Gasteiger partial charge in [-0.25, -0.2) is 0 Å². The van der Waals surface area contributed by atoms with E-state index in [1.807, 2.05) is 22.7 Å². The van der Waals surface area contributed by atoms with Gasteiger partial charge in [-0.05, 0) is 91.5 Å². The first-order chi connectivity index (χ1) is 31.2. The predicted molar refractivity (Wildman–Crippen MR) is 275 cm³/mol. The maximum atomic E-state index is 13.2. The maximum Gasteiger partial charge on any atom is 0.306 e. The number of benzene rings is 2. The van der Waals surface area contributed by atoms with E-state index in [0.717, 1.165) is 67.5 Å². The molecule has 5 unspecified atom stereocenters. The molecule has 4 nitrogen and oxygen atoms in total. The molecule has 0 spiro atoms. The van der Waals surface area contributed by atoms with Crippen LogP contribution in [0.1, 0.15) is 143 Å². The minimum absolute atomic E-state index is 0.100. The summed E-state index contributed by atoms with van der Waals surface area (Å²) in [4.78, 5) is 28.7. The van der Waals surface area contributed by atoms with Gasteiger partial charge in [0.25, 0.3) is 0 Å². The molecule has 0 radical (unpaired) electrons. The lowest BCUT2D eigenvalue weighted by molar-refractivity contribution is -0.150. The van der Waals surface area contributed by atoms with Gasteiger partial charge in [-0.2, -0.15) is 0 Å². The van der Waals surface area contributed by atoms with Crippen LogP contribution in [0.25, 0.3) is 39.0 Å². The highest BCUT2D eigenvalue weighted by molar-refractivity contribution is 7.34. The van der Waals surface area contributed by atoms with Gasteiger partial charge in [0.1, 0.15) is 12.2 Å². The summed E-state index contributed by atoms with van der Waals surface area (Å²) in [7, 11) is 0. The van der Waals surface area contributed by atoms with Crippen LogP contribution in [-0.4, -0.2) is 11.9 Å². The second-order valence-corrected chi connectivity index (χ2v) is 22.5. The number of esters is 2. The molecule has 5 atom stereocenters. The summed E-state index contributed by atoms with van der Waals surface area (Å²) in [5, 5.41) is 2.54. The van der Waals surface area contributed by atoms with E-state index in [9.17, 15) is 9.59 Å². The van der Waals surface area contributed by atoms with Crippen LogP contribution in [0.2, 0.25) is 0 Å². The molecule has 4 heterocycles. The number of aryl methyl sites for hydroxylation is 1. The first-order valence-corrected chi connectivity index (χ1v) is 26.9. The highest BCUT2D eigenvalue weighted by Gasteiger charge is 2.26. The van der Waals surface area contributed by atoms with Gasteiger partial charge < -0.3 is 9.47 Å². The van der Waals surface area contributed by atoms with Crippen molar-refractivity contribution in [3.63, 3.8) is 0 Å². The number of carbonyl (C=O) groups excluding carboxylic acids is 2. The predicted octanol–water partition coefficient (Wildman–Crippen LogP) is 17.7. The number of allylic oxidation sites excluding steroid dienone is 10. The Kier molecular flexibility index (Phi) is 14.3. The van der Waals surface area contributed by atoms with Crippen molar-refractivity contribution in [3.05, 3.63) is 141 Å². The fraction of sp³-hybridized carbons (Fsp3) is 0.393. The van der Waals surface area contributed by atoms with Gasteiger partial charge in [0, 0.05) is 76.8 Å². The Bertz CT molecular complexity index is 2830. The molecule has 9 rings (SSSR count). The van der Waals surface area contributed by atoms with Crippen LogP contribution in [-0.2, 0) is 19.1 Å². The summed E-state index contributed by atoms with van der Waals surface area (Å²) >= 11 is 7.23. The zero-order valence-corrected chi connectivity index (χ0v) is 40.9. The molecule has 2 aromatic carbocycles. The summed E-state index contributed by atoms with van der Waals surface area (Å²) in [6, 6.07) is 18.2. The SMILES string of the molecule is CCCCCC(=O)OC(CC1=CCC(C2=CCC(C)C=C2)C=C1)c1cc2sc3cc4c(cc3c2s1)sc1cc(C(CC2=CCC(c3ccc(C)cc3)C=C2)OC(=O)CCCCC)sc14. The summed E-state index contributed by atoms with van der Waals surface area (Å²) in [5.41, 5.74) is 6.49. The molecule has 0 amide bonds. The number of thiophene rings is 4. The average molecular weight is 925 g/mol. The summed E-state index contributed by atoms with van der Waals surface area (Å²) in [5.74, 6) is 1.18. The Balaban J connectivity index is 0.960. The highest BCUT2D eigenvalue weighted by atomic mass is 32.1. The highest BCUT2D eigenvalue weighted by Crippen LogP contribution is 2.49. The van der Waals surface area contributed by atoms with E-state index in [4.69, 9.17) is 9.47 Å². The lowest BCUT2D eigenvalue weighted by Crippen LogP contribution is -2.12. The number of carbonyl (C=O) groups is 2. The van der Waals surface area contributed by atoms with E-state index < -0.39 is 0 Å². The molecule has 0 bridgehead atoms. The van der Waals surface area contributed by atoms with E-state index in [1.165, 1.54) is 66.8 Å². The molecule has 4 aromatic heterocycles. The second-order valence-electron chi connectivity index (χ2n) is 18.2. The Hall–Kier alpha value is -4.34. The van der Waals surface area contributed by atoms with Crippen molar-refractivity contribution in [2.75, 3.05) is 0 Å². The molecule has 64 heavy (non-hydrogen) atoms. The van der Waals surface area contributed by atoms with Gasteiger partial charge in [0.15, 0.2) is 0 Å². The maximum absolute atomic E-state index is 13.2. The molecular formula is C56H60O4S4. The number of ether oxygens (including phenoxy) is 2. The van der Waals surface area contributed by atoms with Crippen LogP contribution in [0.15, 0.2) is 120 Å². The third-order valence-corrected chi connectivity index (χ3v) is 18.0. The number of hydrogen-bond donors (Lipinski definition) is 0. The first-order valence-electron chi connectivity index (χ1n) is 23.6. The molecule has 6 aromatic rings. The van der Waals surface area contributed by atoms with Crippen LogP contribution < -0.4 is 0 Å². The molecule has 0 N–H and O–H groups in total. The molecule has 0 saturated carbocycles. The second kappa shape index (κ2) is 20.4. The van der Waals surface area contributed by atoms with Crippen molar-refractivity contribution < 1.29 is 19.1 Å². The zero-order valence-electron chi connectivity index (χ0n) is 37.7. The first kappa shape index (κ1) is 44.8. The molecular weight excluding hydrogens is 865 g/mol. The molecule has 0 fully saturated rings. The molecule has 332 valence electrons. The van der Waals surface area contributed by atoms with Crippen LogP contribution in [0.5, 0.6) is 0 Å². The molecule has 8 heteroatoms. The van der Waals surface area contributed by atoms with Crippen LogP contribution in [0, 0.1) is 18.8 Å². The summed E-state index contributed by atoms with van der Waals surface area (Å²) in [6.07, 6.45) is 31.5. The Morgan fingerprint density at radius 1 is 0.609 bits per heavy atom. The molecule has 0 saturated heterocycles. The smallest absolute Gasteiger partial charge is 0.306 e. The number of unbranched alkanes of at least 4 members (excludes halogenated alkanes) is 4. The van der Waals surface area contributed by atoms with Gasteiger partial charge >= 0.3 is 11.9 Å². The van der Waals surface area contributed by atoms with Crippen LogP contribution >= 0.6 is 45.3 Å².